The van der Waals surface area contributed by atoms with Gasteiger partial charge in [-0.1, -0.05) is 12.1 Å². The van der Waals surface area contributed by atoms with Crippen molar-refractivity contribution in [3.05, 3.63) is 65.2 Å². The van der Waals surface area contributed by atoms with Gasteiger partial charge in [0.05, 0.1) is 23.7 Å². The third kappa shape index (κ3) is 5.14. The second kappa shape index (κ2) is 8.52. The Morgan fingerprint density at radius 1 is 1.00 bits per heavy atom. The molecule has 0 aliphatic carbocycles. The molecule has 0 unspecified atom stereocenters. The molecule has 2 aromatic rings. The minimum atomic E-state index is -4.46. The number of amides is 1. The lowest BCUT2D eigenvalue weighted by atomic mass is 10.1. The largest absolute Gasteiger partial charge is 0.416 e. The Morgan fingerprint density at radius 2 is 1.59 bits per heavy atom. The Hall–Kier alpha value is -2.43. The van der Waals surface area contributed by atoms with Crippen LogP contribution in [0.4, 0.5) is 13.2 Å². The van der Waals surface area contributed by atoms with E-state index in [-0.39, 0.29) is 17.0 Å². The average Bonchev–Trinajstić information content (AvgIpc) is 2.72. The van der Waals surface area contributed by atoms with Crippen LogP contribution in [0.1, 0.15) is 21.5 Å². The summed E-state index contributed by atoms with van der Waals surface area (Å²) >= 11 is 0. The molecule has 0 spiro atoms. The summed E-state index contributed by atoms with van der Waals surface area (Å²) in [4.78, 5) is 12.3. The van der Waals surface area contributed by atoms with Crippen LogP contribution >= 0.6 is 0 Å². The summed E-state index contributed by atoms with van der Waals surface area (Å²) in [5.74, 6) is -0.524. The van der Waals surface area contributed by atoms with Crippen LogP contribution in [0.3, 0.4) is 0 Å². The number of hydrogen-bond donors (Lipinski definition) is 1. The number of benzene rings is 2. The van der Waals surface area contributed by atoms with E-state index in [1.54, 1.807) is 12.1 Å². The first-order valence-electron chi connectivity index (χ1n) is 8.80. The molecule has 1 heterocycles. The molecular formula is C19H19F3N2O4S. The van der Waals surface area contributed by atoms with Crippen molar-refractivity contribution in [2.75, 3.05) is 26.3 Å². The molecule has 0 radical (unpaired) electrons. The van der Waals surface area contributed by atoms with Crippen molar-refractivity contribution >= 4 is 15.9 Å². The summed E-state index contributed by atoms with van der Waals surface area (Å²) in [6, 6.07) is 10.0. The van der Waals surface area contributed by atoms with Gasteiger partial charge >= 0.3 is 6.18 Å². The fourth-order valence-electron chi connectivity index (χ4n) is 2.81. The molecular weight excluding hydrogens is 409 g/mol. The number of ether oxygens (including phenoxy) is 1. The first-order chi connectivity index (χ1) is 13.7. The van der Waals surface area contributed by atoms with Crippen LogP contribution in [0.15, 0.2) is 53.4 Å². The second-order valence-electron chi connectivity index (χ2n) is 6.42. The highest BCUT2D eigenvalue weighted by Gasteiger charge is 2.30. The maximum atomic E-state index is 12.6. The number of nitrogens with zero attached hydrogens (tertiary/aromatic N) is 1. The maximum absolute atomic E-state index is 12.6. The van der Waals surface area contributed by atoms with Gasteiger partial charge in [0.1, 0.15) is 0 Å². The summed E-state index contributed by atoms with van der Waals surface area (Å²) in [7, 11) is -3.60. The zero-order valence-electron chi connectivity index (χ0n) is 15.3. The number of morpholine rings is 1. The second-order valence-corrected chi connectivity index (χ2v) is 8.36. The molecule has 3 rings (SSSR count). The van der Waals surface area contributed by atoms with Crippen molar-refractivity contribution in [1.29, 1.82) is 0 Å². The number of carbonyl (C=O) groups is 1. The Kier molecular flexibility index (Phi) is 6.25. The molecule has 1 N–H and O–H groups in total. The van der Waals surface area contributed by atoms with E-state index < -0.39 is 27.7 Å². The molecule has 0 aromatic heterocycles. The topological polar surface area (TPSA) is 75.7 Å². The van der Waals surface area contributed by atoms with Gasteiger partial charge in [0, 0.05) is 25.2 Å². The number of nitrogens with one attached hydrogen (secondary N) is 1. The first kappa shape index (κ1) is 21.3. The highest BCUT2D eigenvalue weighted by molar-refractivity contribution is 7.89. The van der Waals surface area contributed by atoms with E-state index in [1.807, 2.05) is 0 Å². The van der Waals surface area contributed by atoms with Gasteiger partial charge in [-0.25, -0.2) is 8.42 Å². The van der Waals surface area contributed by atoms with E-state index in [2.05, 4.69) is 5.32 Å². The van der Waals surface area contributed by atoms with Gasteiger partial charge in [0.25, 0.3) is 5.91 Å². The molecule has 156 valence electrons. The van der Waals surface area contributed by atoms with Crippen LogP contribution < -0.4 is 5.32 Å². The predicted octanol–water partition coefficient (Wildman–Crippen LogP) is 2.66. The molecule has 1 fully saturated rings. The number of sulfonamides is 1. The van der Waals surface area contributed by atoms with E-state index in [4.69, 9.17) is 4.74 Å². The summed E-state index contributed by atoms with van der Waals surface area (Å²) in [5, 5.41) is 2.60. The van der Waals surface area contributed by atoms with Gasteiger partial charge in [0.2, 0.25) is 10.0 Å². The van der Waals surface area contributed by atoms with E-state index in [0.717, 1.165) is 24.3 Å². The molecule has 0 atom stereocenters. The minimum absolute atomic E-state index is 0.101. The van der Waals surface area contributed by atoms with Crippen LogP contribution in [0, 0.1) is 0 Å². The molecule has 29 heavy (non-hydrogen) atoms. The SMILES string of the molecule is O=C(NCc1ccc(S(=O)(=O)N2CCOCC2)cc1)c1ccc(C(F)(F)F)cc1. The van der Waals surface area contributed by atoms with E-state index in [1.165, 1.54) is 16.4 Å². The molecule has 1 aliphatic heterocycles. The third-order valence-corrected chi connectivity index (χ3v) is 6.37. The summed E-state index contributed by atoms with van der Waals surface area (Å²) in [6.07, 6.45) is -4.46. The molecule has 0 saturated carbocycles. The van der Waals surface area contributed by atoms with Crippen molar-refractivity contribution < 1.29 is 31.1 Å². The van der Waals surface area contributed by atoms with Crippen LogP contribution in [-0.4, -0.2) is 44.9 Å². The van der Waals surface area contributed by atoms with E-state index in [9.17, 15) is 26.4 Å². The van der Waals surface area contributed by atoms with Gasteiger partial charge < -0.3 is 10.1 Å². The monoisotopic (exact) mass is 428 g/mol. The molecule has 10 heteroatoms. The van der Waals surface area contributed by atoms with Crippen molar-refractivity contribution in [2.24, 2.45) is 0 Å². The molecule has 0 bridgehead atoms. The third-order valence-electron chi connectivity index (χ3n) is 4.46. The first-order valence-corrected chi connectivity index (χ1v) is 10.2. The highest BCUT2D eigenvalue weighted by Crippen LogP contribution is 2.29. The zero-order valence-corrected chi connectivity index (χ0v) is 16.1. The molecule has 1 amide bonds. The summed E-state index contributed by atoms with van der Waals surface area (Å²) in [6.45, 7) is 1.42. The Bertz CT molecular complexity index is 952. The lowest BCUT2D eigenvalue weighted by molar-refractivity contribution is -0.137. The molecule has 1 saturated heterocycles. The van der Waals surface area contributed by atoms with Crippen LogP contribution in [-0.2, 0) is 27.5 Å². The average molecular weight is 428 g/mol. The van der Waals surface area contributed by atoms with E-state index >= 15 is 0 Å². The minimum Gasteiger partial charge on any atom is -0.379 e. The van der Waals surface area contributed by atoms with Gasteiger partial charge in [-0.15, -0.1) is 0 Å². The fraction of sp³-hybridized carbons (Fsp3) is 0.316. The van der Waals surface area contributed by atoms with Crippen LogP contribution in [0.2, 0.25) is 0 Å². The van der Waals surface area contributed by atoms with Crippen LogP contribution in [0.25, 0.3) is 0 Å². The smallest absolute Gasteiger partial charge is 0.379 e. The number of hydrogen-bond acceptors (Lipinski definition) is 4. The van der Waals surface area contributed by atoms with Gasteiger partial charge in [-0.2, -0.15) is 17.5 Å². The van der Waals surface area contributed by atoms with Crippen molar-refractivity contribution in [2.45, 2.75) is 17.6 Å². The number of rotatable bonds is 5. The van der Waals surface area contributed by atoms with Crippen molar-refractivity contribution in [3.8, 4) is 0 Å². The predicted molar refractivity (Wildman–Crippen MR) is 98.6 cm³/mol. The Labute approximate surface area is 166 Å². The number of halogens is 3. The normalized spacial score (nSPS) is 15.8. The zero-order chi connectivity index (χ0) is 21.1. The molecule has 1 aliphatic rings. The lowest BCUT2D eigenvalue weighted by Crippen LogP contribution is -2.40. The lowest BCUT2D eigenvalue weighted by Gasteiger charge is -2.26. The van der Waals surface area contributed by atoms with E-state index in [0.29, 0.717) is 31.9 Å². The highest BCUT2D eigenvalue weighted by atomic mass is 32.2. The van der Waals surface area contributed by atoms with Gasteiger partial charge in [-0.3, -0.25) is 4.79 Å². The summed E-state index contributed by atoms with van der Waals surface area (Å²) < 4.78 is 69.4. The Balaban J connectivity index is 1.60. The molecule has 2 aromatic carbocycles. The number of carbonyl (C=O) groups excluding carboxylic acids is 1. The van der Waals surface area contributed by atoms with Gasteiger partial charge in [0.15, 0.2) is 0 Å². The maximum Gasteiger partial charge on any atom is 0.416 e. The molecule has 6 nitrogen and oxygen atoms in total. The van der Waals surface area contributed by atoms with Crippen molar-refractivity contribution in [3.63, 3.8) is 0 Å². The summed E-state index contributed by atoms with van der Waals surface area (Å²) in [5.41, 5.74) is -0.0678. The fourth-order valence-corrected chi connectivity index (χ4v) is 4.22. The number of alkyl halides is 3. The Morgan fingerprint density at radius 3 is 2.14 bits per heavy atom. The quantitative estimate of drug-likeness (QED) is 0.795. The van der Waals surface area contributed by atoms with Crippen molar-refractivity contribution in [1.82, 2.24) is 9.62 Å². The van der Waals surface area contributed by atoms with Crippen LogP contribution in [0.5, 0.6) is 0 Å². The van der Waals surface area contributed by atoms with Gasteiger partial charge in [-0.05, 0) is 42.0 Å². The standard InChI is InChI=1S/C19H19F3N2O4S/c20-19(21,22)16-5-3-15(4-6-16)18(25)23-13-14-1-7-17(8-2-14)29(26,27)24-9-11-28-12-10-24/h1-8H,9-13H2,(H,23,25).